The summed E-state index contributed by atoms with van der Waals surface area (Å²) in [5.41, 5.74) is 0. The SMILES string of the molecule is CN(CCOc1ccc(Cl)cc1)C(=O)CCC1CCNCC1. The van der Waals surface area contributed by atoms with E-state index < -0.39 is 0 Å². The van der Waals surface area contributed by atoms with Crippen molar-refractivity contribution >= 4 is 17.5 Å². The molecule has 1 amide bonds. The summed E-state index contributed by atoms with van der Waals surface area (Å²) in [4.78, 5) is 13.9. The first-order valence-electron chi connectivity index (χ1n) is 7.98. The van der Waals surface area contributed by atoms with E-state index in [4.69, 9.17) is 16.3 Å². The molecule has 2 rings (SSSR count). The van der Waals surface area contributed by atoms with Crippen LogP contribution in [0.25, 0.3) is 0 Å². The summed E-state index contributed by atoms with van der Waals surface area (Å²) in [5.74, 6) is 1.68. The van der Waals surface area contributed by atoms with Crippen LogP contribution in [0, 0.1) is 5.92 Å². The molecule has 122 valence electrons. The van der Waals surface area contributed by atoms with Crippen LogP contribution in [0.3, 0.4) is 0 Å². The van der Waals surface area contributed by atoms with E-state index in [2.05, 4.69) is 5.32 Å². The first kappa shape index (κ1) is 17.1. The normalized spacial score (nSPS) is 15.5. The summed E-state index contributed by atoms with van der Waals surface area (Å²) in [6, 6.07) is 7.26. The molecule has 1 heterocycles. The molecule has 1 aliphatic heterocycles. The van der Waals surface area contributed by atoms with Crippen molar-refractivity contribution in [1.29, 1.82) is 0 Å². The first-order valence-corrected chi connectivity index (χ1v) is 8.36. The van der Waals surface area contributed by atoms with Crippen molar-refractivity contribution in [3.05, 3.63) is 29.3 Å². The average molecular weight is 325 g/mol. The van der Waals surface area contributed by atoms with Crippen molar-refractivity contribution in [3.63, 3.8) is 0 Å². The third-order valence-electron chi connectivity index (χ3n) is 4.16. The summed E-state index contributed by atoms with van der Waals surface area (Å²) >= 11 is 5.82. The van der Waals surface area contributed by atoms with Crippen LogP contribution in [0.1, 0.15) is 25.7 Å². The van der Waals surface area contributed by atoms with E-state index in [1.807, 2.05) is 19.2 Å². The highest BCUT2D eigenvalue weighted by atomic mass is 35.5. The Hall–Kier alpha value is -1.26. The van der Waals surface area contributed by atoms with Crippen molar-refractivity contribution in [1.82, 2.24) is 10.2 Å². The number of carbonyl (C=O) groups is 1. The van der Waals surface area contributed by atoms with Crippen molar-refractivity contribution < 1.29 is 9.53 Å². The van der Waals surface area contributed by atoms with Gasteiger partial charge in [-0.3, -0.25) is 4.79 Å². The van der Waals surface area contributed by atoms with Crippen LogP contribution in [0.5, 0.6) is 5.75 Å². The van der Waals surface area contributed by atoms with Gasteiger partial charge in [-0.1, -0.05) is 11.6 Å². The van der Waals surface area contributed by atoms with E-state index in [1.165, 1.54) is 12.8 Å². The van der Waals surface area contributed by atoms with E-state index in [0.717, 1.165) is 25.3 Å². The van der Waals surface area contributed by atoms with E-state index in [-0.39, 0.29) is 5.91 Å². The summed E-state index contributed by atoms with van der Waals surface area (Å²) in [6.45, 7) is 3.28. The molecule has 1 N–H and O–H groups in total. The minimum absolute atomic E-state index is 0.207. The number of amides is 1. The lowest BCUT2D eigenvalue weighted by Gasteiger charge is -2.23. The van der Waals surface area contributed by atoms with Gasteiger partial charge in [0.25, 0.3) is 0 Å². The molecule has 1 aromatic carbocycles. The number of nitrogens with one attached hydrogen (secondary N) is 1. The molecule has 0 aliphatic carbocycles. The third kappa shape index (κ3) is 5.85. The fourth-order valence-electron chi connectivity index (χ4n) is 2.64. The molecule has 22 heavy (non-hydrogen) atoms. The zero-order valence-electron chi connectivity index (χ0n) is 13.2. The first-order chi connectivity index (χ1) is 10.6. The minimum atomic E-state index is 0.207. The van der Waals surface area contributed by atoms with Gasteiger partial charge in [0.2, 0.25) is 5.91 Å². The highest BCUT2D eigenvalue weighted by Crippen LogP contribution is 2.18. The monoisotopic (exact) mass is 324 g/mol. The van der Waals surface area contributed by atoms with E-state index in [0.29, 0.717) is 30.5 Å². The largest absolute Gasteiger partial charge is 0.492 e. The highest BCUT2D eigenvalue weighted by Gasteiger charge is 2.16. The van der Waals surface area contributed by atoms with Crippen LogP contribution in [0.4, 0.5) is 0 Å². The Labute approximate surface area is 137 Å². The average Bonchev–Trinajstić information content (AvgIpc) is 2.55. The number of halogens is 1. The number of ether oxygens (including phenoxy) is 1. The maximum absolute atomic E-state index is 12.1. The fraction of sp³-hybridized carbons (Fsp3) is 0.588. The molecule has 0 spiro atoms. The zero-order valence-corrected chi connectivity index (χ0v) is 13.9. The maximum Gasteiger partial charge on any atom is 0.222 e. The predicted molar refractivity (Wildman–Crippen MR) is 89.4 cm³/mol. The van der Waals surface area contributed by atoms with Gasteiger partial charge in [-0.25, -0.2) is 0 Å². The Kier molecular flexibility index (Phi) is 7.00. The van der Waals surface area contributed by atoms with Crippen molar-refractivity contribution in [2.75, 3.05) is 33.3 Å². The van der Waals surface area contributed by atoms with Gasteiger partial charge >= 0.3 is 0 Å². The third-order valence-corrected chi connectivity index (χ3v) is 4.41. The molecule has 0 aromatic heterocycles. The molecule has 1 aliphatic rings. The number of benzene rings is 1. The number of carbonyl (C=O) groups excluding carboxylic acids is 1. The van der Waals surface area contributed by atoms with Crippen molar-refractivity contribution in [3.8, 4) is 5.75 Å². The summed E-state index contributed by atoms with van der Waals surface area (Å²) in [5, 5.41) is 4.04. The van der Waals surface area contributed by atoms with Crippen molar-refractivity contribution in [2.24, 2.45) is 5.92 Å². The Morgan fingerprint density at radius 1 is 1.32 bits per heavy atom. The van der Waals surface area contributed by atoms with Crippen LogP contribution < -0.4 is 10.1 Å². The molecule has 0 radical (unpaired) electrons. The number of piperidine rings is 1. The Balaban J connectivity index is 1.62. The lowest BCUT2D eigenvalue weighted by atomic mass is 9.93. The van der Waals surface area contributed by atoms with Gasteiger partial charge < -0.3 is 15.0 Å². The van der Waals surface area contributed by atoms with Gasteiger partial charge in [0.15, 0.2) is 0 Å². The molecule has 1 aromatic rings. The van der Waals surface area contributed by atoms with E-state index >= 15 is 0 Å². The molecule has 4 nitrogen and oxygen atoms in total. The number of rotatable bonds is 7. The summed E-state index contributed by atoms with van der Waals surface area (Å²) in [7, 11) is 1.84. The lowest BCUT2D eigenvalue weighted by molar-refractivity contribution is -0.130. The Morgan fingerprint density at radius 2 is 2.00 bits per heavy atom. The molecule has 0 saturated carbocycles. The number of likely N-dealkylation sites (N-methyl/N-ethyl adjacent to an activating group) is 1. The number of hydrogen-bond acceptors (Lipinski definition) is 3. The van der Waals surface area contributed by atoms with Crippen LogP contribution in [-0.2, 0) is 4.79 Å². The van der Waals surface area contributed by atoms with Crippen LogP contribution in [0.2, 0.25) is 5.02 Å². The molecule has 1 fully saturated rings. The van der Waals surface area contributed by atoms with Crippen LogP contribution in [-0.4, -0.2) is 44.1 Å². The summed E-state index contributed by atoms with van der Waals surface area (Å²) < 4.78 is 5.62. The Bertz CT molecular complexity index is 458. The molecule has 0 unspecified atom stereocenters. The molecule has 0 atom stereocenters. The molecule has 5 heteroatoms. The maximum atomic E-state index is 12.1. The number of nitrogens with zero attached hydrogens (tertiary/aromatic N) is 1. The molecule has 0 bridgehead atoms. The second-order valence-corrected chi connectivity index (χ2v) is 6.29. The fourth-order valence-corrected chi connectivity index (χ4v) is 2.77. The Morgan fingerprint density at radius 3 is 2.68 bits per heavy atom. The van der Waals surface area contributed by atoms with Gasteiger partial charge in [-0.15, -0.1) is 0 Å². The molecular weight excluding hydrogens is 300 g/mol. The van der Waals surface area contributed by atoms with Gasteiger partial charge in [-0.05, 0) is 62.5 Å². The topological polar surface area (TPSA) is 41.6 Å². The number of hydrogen-bond donors (Lipinski definition) is 1. The minimum Gasteiger partial charge on any atom is -0.492 e. The lowest BCUT2D eigenvalue weighted by Crippen LogP contribution is -2.32. The quantitative estimate of drug-likeness (QED) is 0.838. The zero-order chi connectivity index (χ0) is 15.8. The standard InChI is InChI=1S/C17H25ClN2O2/c1-20(12-13-22-16-5-3-15(18)4-6-16)17(21)7-2-14-8-10-19-11-9-14/h3-6,14,19H,2,7-13H2,1H3. The summed E-state index contributed by atoms with van der Waals surface area (Å²) in [6.07, 6.45) is 4.03. The van der Waals surface area contributed by atoms with Gasteiger partial charge in [0, 0.05) is 18.5 Å². The van der Waals surface area contributed by atoms with E-state index in [1.54, 1.807) is 17.0 Å². The van der Waals surface area contributed by atoms with Gasteiger partial charge in [-0.2, -0.15) is 0 Å². The second-order valence-electron chi connectivity index (χ2n) is 5.85. The van der Waals surface area contributed by atoms with Gasteiger partial charge in [0.05, 0.1) is 6.54 Å². The molecular formula is C17H25ClN2O2. The highest BCUT2D eigenvalue weighted by molar-refractivity contribution is 6.30. The van der Waals surface area contributed by atoms with Gasteiger partial charge in [0.1, 0.15) is 12.4 Å². The van der Waals surface area contributed by atoms with Crippen LogP contribution in [0.15, 0.2) is 24.3 Å². The van der Waals surface area contributed by atoms with E-state index in [9.17, 15) is 4.79 Å². The smallest absolute Gasteiger partial charge is 0.222 e. The predicted octanol–water partition coefficient (Wildman–Crippen LogP) is 2.96. The van der Waals surface area contributed by atoms with Crippen molar-refractivity contribution in [2.45, 2.75) is 25.7 Å². The van der Waals surface area contributed by atoms with Crippen LogP contribution >= 0.6 is 11.6 Å². The molecule has 1 saturated heterocycles. The second kappa shape index (κ2) is 9.01.